The Kier molecular flexibility index (Phi) is 2.01. The van der Waals surface area contributed by atoms with E-state index >= 15 is 0 Å². The smallest absolute Gasteiger partial charge is 0.305 e. The first-order valence-electron chi connectivity index (χ1n) is 5.04. The maximum Gasteiger partial charge on any atom is 0.417 e. The fourth-order valence-corrected chi connectivity index (χ4v) is 1.84. The molecule has 0 aromatic carbocycles. The molecule has 2 heterocycles. The monoisotopic (exact) mass is 253 g/mol. The summed E-state index contributed by atoms with van der Waals surface area (Å²) in [5, 5.41) is 6.10. The molecule has 2 N–H and O–H groups in total. The summed E-state index contributed by atoms with van der Waals surface area (Å²) in [5.74, 6) is 0. The fraction of sp³-hybridized carbons (Fsp3) is 0.0909. The van der Waals surface area contributed by atoms with E-state index in [1.54, 1.807) is 18.2 Å². The largest absolute Gasteiger partial charge is 0.417 e. The lowest BCUT2D eigenvalue weighted by Gasteiger charge is -2.10. The number of allylic oxidation sites excluding steroid dienone is 4. The van der Waals surface area contributed by atoms with Gasteiger partial charge in [0.1, 0.15) is 0 Å². The van der Waals surface area contributed by atoms with E-state index in [9.17, 15) is 18.0 Å². The first kappa shape index (κ1) is 10.8. The second kappa shape index (κ2) is 3.34. The quantitative estimate of drug-likeness (QED) is 0.818. The lowest BCUT2D eigenvalue weighted by Crippen LogP contribution is -2.14. The van der Waals surface area contributed by atoms with E-state index in [-0.39, 0.29) is 16.7 Å². The number of nitrogens with zero attached hydrogens (tertiary/aromatic N) is 1. The molecule has 18 heavy (non-hydrogen) atoms. The average molecular weight is 253 g/mol. The van der Waals surface area contributed by atoms with E-state index < -0.39 is 17.3 Å². The summed E-state index contributed by atoms with van der Waals surface area (Å²) in [4.78, 5) is 13.5. The standard InChI is InChI=1S/C11H6F3N3O/c12-11(13,14)6-4-7(18)15-10-8(6)9(16-17-10)5-2-1-3-5/h1-4H,(H2,15,16,17,18). The molecule has 0 aliphatic heterocycles. The average Bonchev–Trinajstić information content (AvgIpc) is 2.56. The minimum atomic E-state index is -4.60. The van der Waals surface area contributed by atoms with Gasteiger partial charge in [-0.05, 0) is 0 Å². The molecule has 0 spiro atoms. The summed E-state index contributed by atoms with van der Waals surface area (Å²) < 4.78 is 38.7. The van der Waals surface area contributed by atoms with Crippen LogP contribution < -0.4 is 5.56 Å². The normalized spacial score (nSPS) is 14.7. The van der Waals surface area contributed by atoms with Crippen LogP contribution in [-0.4, -0.2) is 15.2 Å². The SMILES string of the molecule is O=c1cc(C(F)(F)F)c2c(C3=CC=C3)[nH]nc2[nH]1. The molecule has 7 heteroatoms. The van der Waals surface area contributed by atoms with Gasteiger partial charge in [-0.15, -0.1) is 0 Å². The van der Waals surface area contributed by atoms with E-state index in [1.165, 1.54) is 0 Å². The van der Waals surface area contributed by atoms with Crippen molar-refractivity contribution in [1.82, 2.24) is 15.2 Å². The molecule has 92 valence electrons. The zero-order valence-corrected chi connectivity index (χ0v) is 8.80. The Morgan fingerprint density at radius 3 is 2.56 bits per heavy atom. The Balaban J connectivity index is 2.38. The van der Waals surface area contributed by atoms with Gasteiger partial charge in [0.05, 0.1) is 16.6 Å². The highest BCUT2D eigenvalue weighted by atomic mass is 19.4. The molecule has 4 nitrogen and oxygen atoms in total. The van der Waals surface area contributed by atoms with Crippen molar-refractivity contribution in [2.24, 2.45) is 0 Å². The van der Waals surface area contributed by atoms with Gasteiger partial charge in [-0.3, -0.25) is 9.89 Å². The molecule has 1 aliphatic carbocycles. The minimum Gasteiger partial charge on any atom is -0.305 e. The predicted molar refractivity (Wildman–Crippen MR) is 58.8 cm³/mol. The third kappa shape index (κ3) is 1.47. The highest BCUT2D eigenvalue weighted by Gasteiger charge is 2.35. The molecule has 0 atom stereocenters. The van der Waals surface area contributed by atoms with Crippen LogP contribution in [0.3, 0.4) is 0 Å². The van der Waals surface area contributed by atoms with E-state index in [0.29, 0.717) is 11.6 Å². The number of nitrogens with one attached hydrogen (secondary N) is 2. The minimum absolute atomic E-state index is 0.0916. The Labute approximate surface area is 97.8 Å². The van der Waals surface area contributed by atoms with Crippen molar-refractivity contribution in [3.63, 3.8) is 0 Å². The van der Waals surface area contributed by atoms with Crippen molar-refractivity contribution >= 4 is 16.6 Å². The van der Waals surface area contributed by atoms with Crippen molar-refractivity contribution in [3.8, 4) is 0 Å². The van der Waals surface area contributed by atoms with Crippen LogP contribution in [0.4, 0.5) is 13.2 Å². The first-order valence-corrected chi connectivity index (χ1v) is 5.04. The van der Waals surface area contributed by atoms with Crippen LogP contribution in [0.15, 0.2) is 29.1 Å². The van der Waals surface area contributed by atoms with Gasteiger partial charge in [0, 0.05) is 11.6 Å². The number of aromatic amines is 2. The number of alkyl halides is 3. The van der Waals surface area contributed by atoms with Crippen LogP contribution in [0.25, 0.3) is 16.6 Å². The molecule has 0 amide bonds. The van der Waals surface area contributed by atoms with Gasteiger partial charge >= 0.3 is 6.18 Å². The molecule has 0 unspecified atom stereocenters. The maximum absolute atomic E-state index is 12.9. The summed E-state index contributed by atoms with van der Waals surface area (Å²) >= 11 is 0. The van der Waals surface area contributed by atoms with E-state index in [4.69, 9.17) is 0 Å². The summed E-state index contributed by atoms with van der Waals surface area (Å²) in [6.07, 6.45) is 0.441. The van der Waals surface area contributed by atoms with Gasteiger partial charge in [-0.1, -0.05) is 18.2 Å². The van der Waals surface area contributed by atoms with Crippen molar-refractivity contribution < 1.29 is 13.2 Å². The molecular formula is C11H6F3N3O. The zero-order chi connectivity index (χ0) is 12.9. The number of halogens is 3. The zero-order valence-electron chi connectivity index (χ0n) is 8.80. The van der Waals surface area contributed by atoms with Crippen LogP contribution >= 0.6 is 0 Å². The van der Waals surface area contributed by atoms with Gasteiger partial charge in [0.15, 0.2) is 5.65 Å². The van der Waals surface area contributed by atoms with Crippen LogP contribution in [-0.2, 0) is 6.18 Å². The highest BCUT2D eigenvalue weighted by molar-refractivity contribution is 5.95. The fourth-order valence-electron chi connectivity index (χ4n) is 1.84. The third-order valence-corrected chi connectivity index (χ3v) is 2.70. The number of pyridine rings is 1. The van der Waals surface area contributed by atoms with E-state index in [1.807, 2.05) is 0 Å². The molecule has 0 saturated heterocycles. The highest BCUT2D eigenvalue weighted by Crippen LogP contribution is 2.36. The molecule has 0 bridgehead atoms. The number of rotatable bonds is 1. The summed E-state index contributed by atoms with van der Waals surface area (Å²) in [5.41, 5.74) is -1.02. The van der Waals surface area contributed by atoms with Gasteiger partial charge in [-0.2, -0.15) is 18.3 Å². The van der Waals surface area contributed by atoms with Gasteiger partial charge in [-0.25, -0.2) is 0 Å². The summed E-state index contributed by atoms with van der Waals surface area (Å²) in [6, 6.07) is 0.546. The Morgan fingerprint density at radius 1 is 1.28 bits per heavy atom. The second-order valence-electron chi connectivity index (χ2n) is 3.85. The number of hydrogen-bond acceptors (Lipinski definition) is 2. The van der Waals surface area contributed by atoms with Crippen LogP contribution in [0.5, 0.6) is 0 Å². The van der Waals surface area contributed by atoms with Crippen LogP contribution in [0.1, 0.15) is 11.3 Å². The second-order valence-corrected chi connectivity index (χ2v) is 3.85. The van der Waals surface area contributed by atoms with E-state index in [0.717, 1.165) is 0 Å². The third-order valence-electron chi connectivity index (χ3n) is 2.70. The predicted octanol–water partition coefficient (Wildman–Crippen LogP) is 2.22. The van der Waals surface area contributed by atoms with Crippen molar-refractivity contribution in [1.29, 1.82) is 0 Å². The van der Waals surface area contributed by atoms with Crippen molar-refractivity contribution in [3.05, 3.63) is 45.9 Å². The van der Waals surface area contributed by atoms with Gasteiger partial charge < -0.3 is 4.98 Å². The lowest BCUT2D eigenvalue weighted by atomic mass is 10.0. The number of fused-ring (bicyclic) bond motifs is 1. The summed E-state index contributed by atoms with van der Waals surface area (Å²) in [7, 11) is 0. The van der Waals surface area contributed by atoms with Crippen LogP contribution in [0.2, 0.25) is 0 Å². The molecule has 0 saturated carbocycles. The summed E-state index contributed by atoms with van der Waals surface area (Å²) in [6.45, 7) is 0. The molecule has 2 aromatic heterocycles. The van der Waals surface area contributed by atoms with Gasteiger partial charge in [0.2, 0.25) is 5.56 Å². The molecule has 1 aliphatic rings. The van der Waals surface area contributed by atoms with E-state index in [2.05, 4.69) is 15.2 Å². The molecule has 2 aromatic rings. The first-order chi connectivity index (χ1) is 8.47. The van der Waals surface area contributed by atoms with Crippen molar-refractivity contribution in [2.75, 3.05) is 0 Å². The molecule has 0 fully saturated rings. The Morgan fingerprint density at radius 2 is 2.00 bits per heavy atom. The molecule has 3 rings (SSSR count). The van der Waals surface area contributed by atoms with Gasteiger partial charge in [0.25, 0.3) is 0 Å². The topological polar surface area (TPSA) is 61.5 Å². The number of H-pyrrole nitrogens is 2. The van der Waals surface area contributed by atoms with Crippen LogP contribution in [0, 0.1) is 0 Å². The lowest BCUT2D eigenvalue weighted by molar-refractivity contribution is -0.136. The number of hydrogen-bond donors (Lipinski definition) is 2. The number of aromatic nitrogens is 3. The molecule has 0 radical (unpaired) electrons. The van der Waals surface area contributed by atoms with Crippen molar-refractivity contribution in [2.45, 2.75) is 6.18 Å². The molecular weight excluding hydrogens is 247 g/mol. The Hall–Kier alpha value is -2.31. The maximum atomic E-state index is 12.9. The Bertz CT molecular complexity index is 749.